The van der Waals surface area contributed by atoms with Crippen molar-refractivity contribution in [3.63, 3.8) is 0 Å². The normalized spacial score (nSPS) is 24.2. The number of likely N-dealkylation sites (tertiary alicyclic amines) is 1. The van der Waals surface area contributed by atoms with Crippen molar-refractivity contribution in [2.45, 2.75) is 19.3 Å². The molecule has 17 heavy (non-hydrogen) atoms. The van der Waals surface area contributed by atoms with Gasteiger partial charge in [-0.05, 0) is 25.9 Å². The zero-order valence-electron chi connectivity index (χ0n) is 9.29. The van der Waals surface area contributed by atoms with E-state index in [1.165, 1.54) is 0 Å². The first-order valence-electron chi connectivity index (χ1n) is 5.50. The van der Waals surface area contributed by atoms with E-state index in [0.29, 0.717) is 0 Å². The minimum Gasteiger partial charge on any atom is -0.478 e. The van der Waals surface area contributed by atoms with Gasteiger partial charge in [0.15, 0.2) is 0 Å². The van der Waals surface area contributed by atoms with E-state index in [0.717, 1.165) is 38.6 Å². The van der Waals surface area contributed by atoms with E-state index in [2.05, 4.69) is 4.40 Å². The Labute approximate surface area is 99.7 Å². The first kappa shape index (κ1) is 12.3. The second kappa shape index (κ2) is 4.58. The van der Waals surface area contributed by atoms with Crippen molar-refractivity contribution in [1.82, 2.24) is 4.90 Å². The summed E-state index contributed by atoms with van der Waals surface area (Å²) in [4.78, 5) is 12.8. The van der Waals surface area contributed by atoms with E-state index >= 15 is 0 Å². The Hall–Kier alpha value is -1.21. The predicted molar refractivity (Wildman–Crippen MR) is 62.4 cm³/mol. The Morgan fingerprint density at radius 2 is 2.00 bits per heavy atom. The smallest absolute Gasteiger partial charge is 0.338 e. The molecular weight excluding hydrogens is 244 g/mol. The summed E-state index contributed by atoms with van der Waals surface area (Å²) in [5.41, 5.74) is -0.199. The van der Waals surface area contributed by atoms with Crippen LogP contribution in [0.5, 0.6) is 0 Å². The van der Waals surface area contributed by atoms with Gasteiger partial charge in [-0.15, -0.1) is 0 Å². The van der Waals surface area contributed by atoms with Crippen LogP contribution in [-0.4, -0.2) is 50.2 Å². The summed E-state index contributed by atoms with van der Waals surface area (Å²) in [6.45, 7) is 1.78. The van der Waals surface area contributed by atoms with Gasteiger partial charge in [-0.2, -0.15) is 12.8 Å². The van der Waals surface area contributed by atoms with Crippen LogP contribution in [-0.2, 0) is 14.8 Å². The number of piperidine rings is 1. The van der Waals surface area contributed by atoms with Gasteiger partial charge < -0.3 is 5.11 Å². The zero-order chi connectivity index (χ0) is 12.5. The van der Waals surface area contributed by atoms with Crippen LogP contribution in [0, 0.1) is 0 Å². The van der Waals surface area contributed by atoms with Gasteiger partial charge in [0, 0.05) is 6.54 Å². The van der Waals surface area contributed by atoms with E-state index in [1.54, 1.807) is 0 Å². The van der Waals surface area contributed by atoms with Crippen molar-refractivity contribution < 1.29 is 18.3 Å². The summed E-state index contributed by atoms with van der Waals surface area (Å²) >= 11 is 0. The first-order chi connectivity index (χ1) is 8.00. The maximum atomic E-state index is 11.6. The van der Waals surface area contributed by atoms with Crippen LogP contribution in [0.25, 0.3) is 0 Å². The molecule has 0 aromatic rings. The Balaban J connectivity index is 2.22. The molecule has 0 aromatic carbocycles. The molecule has 0 unspecified atom stereocenters. The molecule has 2 rings (SSSR count). The minimum absolute atomic E-state index is 0.0769. The van der Waals surface area contributed by atoms with Crippen LogP contribution in [0.1, 0.15) is 19.3 Å². The third kappa shape index (κ3) is 2.55. The number of carboxylic acid groups (broad SMARTS) is 1. The average Bonchev–Trinajstić information content (AvgIpc) is 2.56. The maximum absolute atomic E-state index is 11.6. The van der Waals surface area contributed by atoms with Gasteiger partial charge in [0.05, 0.1) is 16.7 Å². The highest BCUT2D eigenvalue weighted by Crippen LogP contribution is 2.22. The van der Waals surface area contributed by atoms with Crippen LogP contribution < -0.4 is 0 Å². The zero-order valence-corrected chi connectivity index (χ0v) is 10.1. The van der Waals surface area contributed by atoms with Crippen molar-refractivity contribution in [3.05, 3.63) is 10.5 Å². The fourth-order valence-corrected chi connectivity index (χ4v) is 3.19. The molecule has 0 aromatic heterocycles. The van der Waals surface area contributed by atoms with Gasteiger partial charge in [-0.3, -0.25) is 4.90 Å². The number of hydrogen-bond acceptors (Lipinski definition) is 4. The molecule has 1 saturated heterocycles. The molecule has 0 atom stereocenters. The van der Waals surface area contributed by atoms with Gasteiger partial charge in [0.2, 0.25) is 0 Å². The summed E-state index contributed by atoms with van der Waals surface area (Å²) in [5, 5.41) is 8.91. The molecule has 94 valence electrons. The maximum Gasteiger partial charge on any atom is 0.338 e. The van der Waals surface area contributed by atoms with Gasteiger partial charge in [0.25, 0.3) is 10.0 Å². The van der Waals surface area contributed by atoms with Gasteiger partial charge in [0.1, 0.15) is 0 Å². The van der Waals surface area contributed by atoms with Crippen LogP contribution in [0.2, 0.25) is 0 Å². The largest absolute Gasteiger partial charge is 0.478 e. The Bertz CT molecular complexity index is 486. The Morgan fingerprint density at radius 3 is 2.59 bits per heavy atom. The van der Waals surface area contributed by atoms with Gasteiger partial charge in [-0.1, -0.05) is 6.42 Å². The lowest BCUT2D eigenvalue weighted by atomic mass is 10.1. The third-order valence-corrected chi connectivity index (χ3v) is 4.33. The van der Waals surface area contributed by atoms with Crippen molar-refractivity contribution in [2.75, 3.05) is 19.6 Å². The summed E-state index contributed by atoms with van der Waals surface area (Å²) in [6, 6.07) is 0. The highest BCUT2D eigenvalue weighted by molar-refractivity contribution is 7.94. The number of nitrogens with zero attached hydrogens (tertiary/aromatic N) is 2. The van der Waals surface area contributed by atoms with Crippen LogP contribution in [0.3, 0.4) is 0 Å². The highest BCUT2D eigenvalue weighted by atomic mass is 32.2. The molecule has 2 heterocycles. The molecule has 6 nitrogen and oxygen atoms in total. The molecule has 0 saturated carbocycles. The Morgan fingerprint density at radius 1 is 1.35 bits per heavy atom. The SMILES string of the molecule is O=C(O)C1=C(CN2CCCCC2)S(=O)(=O)N=C1. The summed E-state index contributed by atoms with van der Waals surface area (Å²) in [5.74, 6) is -1.23. The van der Waals surface area contributed by atoms with Crippen LogP contribution in [0.4, 0.5) is 0 Å². The van der Waals surface area contributed by atoms with E-state index in [4.69, 9.17) is 5.11 Å². The lowest BCUT2D eigenvalue weighted by Crippen LogP contribution is -2.33. The van der Waals surface area contributed by atoms with Crippen molar-refractivity contribution in [2.24, 2.45) is 4.40 Å². The third-order valence-electron chi connectivity index (χ3n) is 2.98. The molecule has 0 bridgehead atoms. The van der Waals surface area contributed by atoms with E-state index in [-0.39, 0.29) is 17.0 Å². The second-order valence-electron chi connectivity index (χ2n) is 4.19. The topological polar surface area (TPSA) is 87.0 Å². The molecule has 2 aliphatic rings. The predicted octanol–water partition coefficient (Wildman–Crippen LogP) is 0.225. The molecule has 2 aliphatic heterocycles. The first-order valence-corrected chi connectivity index (χ1v) is 6.94. The number of carboxylic acids is 1. The van der Waals surface area contributed by atoms with E-state index < -0.39 is 16.0 Å². The Kier molecular flexibility index (Phi) is 3.30. The quantitative estimate of drug-likeness (QED) is 0.782. The average molecular weight is 258 g/mol. The molecule has 1 N–H and O–H groups in total. The number of carbonyl (C=O) groups is 1. The number of hydrogen-bond donors (Lipinski definition) is 1. The molecule has 0 amide bonds. The number of rotatable bonds is 3. The molecular formula is C10H14N2O4S. The lowest BCUT2D eigenvalue weighted by molar-refractivity contribution is -0.132. The van der Waals surface area contributed by atoms with Gasteiger partial charge >= 0.3 is 5.97 Å². The van der Waals surface area contributed by atoms with Gasteiger partial charge in [-0.25, -0.2) is 4.79 Å². The number of aliphatic carboxylic acids is 1. The summed E-state index contributed by atoms with van der Waals surface area (Å²) in [7, 11) is -3.75. The van der Waals surface area contributed by atoms with Crippen molar-refractivity contribution in [3.8, 4) is 0 Å². The molecule has 1 fully saturated rings. The van der Waals surface area contributed by atoms with E-state index in [9.17, 15) is 13.2 Å². The highest BCUT2D eigenvalue weighted by Gasteiger charge is 2.31. The second-order valence-corrected chi connectivity index (χ2v) is 5.84. The number of sulfonamides is 1. The van der Waals surface area contributed by atoms with Crippen molar-refractivity contribution >= 4 is 22.2 Å². The summed E-state index contributed by atoms with van der Waals surface area (Å²) < 4.78 is 26.5. The van der Waals surface area contributed by atoms with Crippen LogP contribution >= 0.6 is 0 Å². The molecule has 7 heteroatoms. The summed E-state index contributed by atoms with van der Waals surface area (Å²) in [6.07, 6.45) is 4.12. The van der Waals surface area contributed by atoms with Crippen molar-refractivity contribution in [1.29, 1.82) is 0 Å². The van der Waals surface area contributed by atoms with Crippen LogP contribution in [0.15, 0.2) is 14.9 Å². The molecule has 0 radical (unpaired) electrons. The standard InChI is InChI=1S/C10H14N2O4S/c13-10(14)8-6-11-17(15,16)9(8)7-12-4-2-1-3-5-12/h6H,1-5,7H2,(H,13,14). The lowest BCUT2D eigenvalue weighted by Gasteiger charge is -2.26. The fourth-order valence-electron chi connectivity index (χ4n) is 2.06. The molecule has 0 spiro atoms. The fraction of sp³-hybridized carbons (Fsp3) is 0.600. The monoisotopic (exact) mass is 258 g/mol. The minimum atomic E-state index is -3.75. The molecule has 0 aliphatic carbocycles. The van der Waals surface area contributed by atoms with E-state index in [1.807, 2.05) is 4.90 Å².